The van der Waals surface area contributed by atoms with E-state index in [4.69, 9.17) is 15.6 Å². The fourth-order valence-electron chi connectivity index (χ4n) is 0.937. The van der Waals surface area contributed by atoms with E-state index in [1.165, 1.54) is 0 Å². The summed E-state index contributed by atoms with van der Waals surface area (Å²) in [6, 6.07) is -0.653. The molecular formula is C8H18N2O3. The van der Waals surface area contributed by atoms with Crippen LogP contribution in [-0.2, 0) is 9.53 Å². The molecule has 0 rings (SSSR count). The minimum Gasteiger partial charge on any atom is -0.480 e. The van der Waals surface area contributed by atoms with Crippen LogP contribution in [0, 0.1) is 0 Å². The van der Waals surface area contributed by atoms with Crippen LogP contribution in [0.1, 0.15) is 6.92 Å². The van der Waals surface area contributed by atoms with Crippen LogP contribution >= 0.6 is 0 Å². The molecule has 5 nitrogen and oxygen atoms in total. The molecule has 0 aliphatic carbocycles. The topological polar surface area (TPSA) is 75.8 Å². The second kappa shape index (κ2) is 5.90. The molecule has 0 amide bonds. The summed E-state index contributed by atoms with van der Waals surface area (Å²) < 4.78 is 4.94. The summed E-state index contributed by atoms with van der Waals surface area (Å²) in [5.74, 6) is -0.975. The highest BCUT2D eigenvalue weighted by Gasteiger charge is 2.17. The largest absolute Gasteiger partial charge is 0.480 e. The maximum absolute atomic E-state index is 10.4. The molecular weight excluding hydrogens is 172 g/mol. The minimum absolute atomic E-state index is 0.176. The Balaban J connectivity index is 3.84. The van der Waals surface area contributed by atoms with Gasteiger partial charge < -0.3 is 15.6 Å². The highest BCUT2D eigenvalue weighted by atomic mass is 16.5. The maximum Gasteiger partial charge on any atom is 0.321 e. The highest BCUT2D eigenvalue weighted by Crippen LogP contribution is 1.96. The third-order valence-corrected chi connectivity index (χ3v) is 1.96. The van der Waals surface area contributed by atoms with E-state index in [0.29, 0.717) is 13.2 Å². The fraction of sp³-hybridized carbons (Fsp3) is 0.875. The summed E-state index contributed by atoms with van der Waals surface area (Å²) in [7, 11) is 3.44. The first-order chi connectivity index (χ1) is 5.99. The first-order valence-corrected chi connectivity index (χ1v) is 4.16. The lowest BCUT2D eigenvalue weighted by Gasteiger charge is -2.25. The Kier molecular flexibility index (Phi) is 5.61. The van der Waals surface area contributed by atoms with Crippen molar-refractivity contribution in [3.63, 3.8) is 0 Å². The lowest BCUT2D eigenvalue weighted by atomic mass is 10.2. The van der Waals surface area contributed by atoms with Crippen LogP contribution in [0.25, 0.3) is 0 Å². The molecule has 0 fully saturated rings. The number of rotatable bonds is 6. The number of carboxylic acids is 1. The van der Waals surface area contributed by atoms with Gasteiger partial charge in [-0.1, -0.05) is 0 Å². The van der Waals surface area contributed by atoms with E-state index in [0.717, 1.165) is 0 Å². The van der Waals surface area contributed by atoms with Crippen LogP contribution in [-0.4, -0.2) is 55.4 Å². The van der Waals surface area contributed by atoms with Crippen molar-refractivity contribution in [1.29, 1.82) is 0 Å². The van der Waals surface area contributed by atoms with Gasteiger partial charge in [0.15, 0.2) is 0 Å². The van der Waals surface area contributed by atoms with Crippen molar-refractivity contribution in [2.24, 2.45) is 5.73 Å². The molecule has 2 atom stereocenters. The molecule has 13 heavy (non-hydrogen) atoms. The molecule has 0 saturated carbocycles. The number of carbonyl (C=O) groups is 1. The van der Waals surface area contributed by atoms with Gasteiger partial charge in [0.05, 0.1) is 6.61 Å². The average Bonchev–Trinajstić information content (AvgIpc) is 2.04. The van der Waals surface area contributed by atoms with E-state index < -0.39 is 12.0 Å². The Morgan fingerprint density at radius 2 is 2.23 bits per heavy atom. The van der Waals surface area contributed by atoms with Gasteiger partial charge in [-0.05, 0) is 14.0 Å². The van der Waals surface area contributed by atoms with Crippen LogP contribution in [0.2, 0.25) is 0 Å². The second-order valence-electron chi connectivity index (χ2n) is 3.19. The molecule has 0 radical (unpaired) electrons. The lowest BCUT2D eigenvalue weighted by Crippen LogP contribution is -2.45. The predicted molar refractivity (Wildman–Crippen MR) is 49.6 cm³/mol. The molecule has 0 bridgehead atoms. The zero-order valence-electron chi connectivity index (χ0n) is 8.36. The molecule has 0 heterocycles. The van der Waals surface area contributed by atoms with E-state index in [-0.39, 0.29) is 6.04 Å². The molecule has 0 aliphatic heterocycles. The van der Waals surface area contributed by atoms with Crippen LogP contribution in [0.3, 0.4) is 0 Å². The average molecular weight is 190 g/mol. The summed E-state index contributed by atoms with van der Waals surface area (Å²) in [5, 5.41) is 8.56. The number of aliphatic carboxylic acids is 1. The van der Waals surface area contributed by atoms with Gasteiger partial charge in [0.1, 0.15) is 6.04 Å². The van der Waals surface area contributed by atoms with Gasteiger partial charge in [0.25, 0.3) is 0 Å². The van der Waals surface area contributed by atoms with Crippen molar-refractivity contribution in [2.45, 2.75) is 19.0 Å². The Morgan fingerprint density at radius 1 is 1.69 bits per heavy atom. The molecule has 0 saturated heterocycles. The van der Waals surface area contributed by atoms with E-state index in [1.807, 2.05) is 18.9 Å². The normalized spacial score (nSPS) is 15.8. The first kappa shape index (κ1) is 12.3. The zero-order chi connectivity index (χ0) is 10.4. The van der Waals surface area contributed by atoms with Gasteiger partial charge in [0, 0.05) is 19.7 Å². The molecule has 2 unspecified atom stereocenters. The number of hydrogen-bond acceptors (Lipinski definition) is 4. The number of ether oxygens (including phenoxy) is 1. The molecule has 0 aliphatic rings. The van der Waals surface area contributed by atoms with Crippen molar-refractivity contribution in [3.05, 3.63) is 0 Å². The molecule has 5 heteroatoms. The number of nitrogens with zero attached hydrogens (tertiary/aromatic N) is 1. The number of hydrogen-bond donors (Lipinski definition) is 2. The molecule has 78 valence electrons. The Labute approximate surface area is 78.5 Å². The summed E-state index contributed by atoms with van der Waals surface area (Å²) in [4.78, 5) is 12.3. The SMILES string of the molecule is COCC(C)N(C)CC(N)C(=O)O. The van der Waals surface area contributed by atoms with Crippen molar-refractivity contribution in [3.8, 4) is 0 Å². The standard InChI is InChI=1S/C8H18N2O3/c1-6(5-13-3)10(2)4-7(9)8(11)12/h6-7H,4-5,9H2,1-3H3,(H,11,12). The molecule has 3 N–H and O–H groups in total. The smallest absolute Gasteiger partial charge is 0.321 e. The Hall–Kier alpha value is -0.650. The van der Waals surface area contributed by atoms with Crippen LogP contribution in [0.4, 0.5) is 0 Å². The summed E-state index contributed by atoms with van der Waals surface area (Å²) in [6.45, 7) is 2.86. The van der Waals surface area contributed by atoms with Gasteiger partial charge in [0.2, 0.25) is 0 Å². The summed E-state index contributed by atoms with van der Waals surface area (Å²) in [6.07, 6.45) is 0. The minimum atomic E-state index is -0.975. The maximum atomic E-state index is 10.4. The first-order valence-electron chi connectivity index (χ1n) is 4.16. The third-order valence-electron chi connectivity index (χ3n) is 1.96. The van der Waals surface area contributed by atoms with Crippen molar-refractivity contribution < 1.29 is 14.6 Å². The highest BCUT2D eigenvalue weighted by molar-refractivity contribution is 5.73. The van der Waals surface area contributed by atoms with Gasteiger partial charge in [-0.3, -0.25) is 9.69 Å². The van der Waals surface area contributed by atoms with Crippen molar-refractivity contribution in [2.75, 3.05) is 27.3 Å². The lowest BCUT2D eigenvalue weighted by molar-refractivity contribution is -0.139. The van der Waals surface area contributed by atoms with Gasteiger partial charge >= 0.3 is 5.97 Å². The summed E-state index contributed by atoms with van der Waals surface area (Å²) >= 11 is 0. The fourth-order valence-corrected chi connectivity index (χ4v) is 0.937. The van der Waals surface area contributed by atoms with E-state index in [9.17, 15) is 4.79 Å². The number of carboxylic acid groups (broad SMARTS) is 1. The molecule has 0 aromatic rings. The van der Waals surface area contributed by atoms with Crippen LogP contribution in [0.15, 0.2) is 0 Å². The monoisotopic (exact) mass is 190 g/mol. The van der Waals surface area contributed by atoms with Gasteiger partial charge in [-0.15, -0.1) is 0 Å². The second-order valence-corrected chi connectivity index (χ2v) is 3.19. The van der Waals surface area contributed by atoms with E-state index in [1.54, 1.807) is 7.11 Å². The predicted octanol–water partition coefficient (Wildman–Crippen LogP) is -0.635. The Morgan fingerprint density at radius 3 is 2.62 bits per heavy atom. The van der Waals surface area contributed by atoms with Crippen molar-refractivity contribution in [1.82, 2.24) is 4.90 Å². The molecule has 0 spiro atoms. The molecule has 0 aromatic carbocycles. The van der Waals surface area contributed by atoms with E-state index in [2.05, 4.69) is 0 Å². The number of methoxy groups -OCH3 is 1. The van der Waals surface area contributed by atoms with Gasteiger partial charge in [-0.25, -0.2) is 0 Å². The van der Waals surface area contributed by atoms with Gasteiger partial charge in [-0.2, -0.15) is 0 Å². The zero-order valence-corrected chi connectivity index (χ0v) is 8.36. The Bertz CT molecular complexity index is 163. The van der Waals surface area contributed by atoms with Crippen molar-refractivity contribution >= 4 is 5.97 Å². The molecule has 0 aromatic heterocycles. The quantitative estimate of drug-likeness (QED) is 0.583. The van der Waals surface area contributed by atoms with Crippen LogP contribution < -0.4 is 5.73 Å². The number of nitrogens with two attached hydrogens (primary N) is 1. The summed E-state index contributed by atoms with van der Waals surface area (Å²) in [5.41, 5.74) is 5.37. The third kappa shape index (κ3) is 4.82. The van der Waals surface area contributed by atoms with Crippen LogP contribution in [0.5, 0.6) is 0 Å². The van der Waals surface area contributed by atoms with E-state index >= 15 is 0 Å². The number of likely N-dealkylation sites (N-methyl/N-ethyl adjacent to an activating group) is 1.